The van der Waals surface area contributed by atoms with Crippen LogP contribution in [0.15, 0.2) is 84.5 Å². The predicted octanol–water partition coefficient (Wildman–Crippen LogP) is 10.5. The van der Waals surface area contributed by atoms with Crippen molar-refractivity contribution in [2.45, 2.75) is 206 Å². The Morgan fingerprint density at radius 1 is 0.880 bits per heavy atom. The van der Waals surface area contributed by atoms with Gasteiger partial charge in [-0.2, -0.15) is 0 Å². The van der Waals surface area contributed by atoms with Gasteiger partial charge in [0.05, 0.1) is 42.3 Å². The van der Waals surface area contributed by atoms with Crippen molar-refractivity contribution in [2.75, 3.05) is 13.2 Å². The van der Waals surface area contributed by atoms with E-state index in [-0.39, 0.29) is 31.6 Å². The maximum Gasteiger partial charge on any atom is 0.408 e. The number of aliphatic hydroxyl groups is 1. The average molecular weight is 1080 g/mol. The molecule has 75 heavy (non-hydrogen) atoms. The molecule has 2 aromatic carbocycles. The molecular weight excluding hydrogens is 991 g/mol. The first kappa shape index (κ1) is 59.7. The lowest BCUT2D eigenvalue weighted by Crippen LogP contribution is -2.82. The molecule has 414 valence electrons. The Morgan fingerprint density at radius 3 is 1.96 bits per heavy atom. The molecule has 4 aliphatic rings. The SMILES string of the molecule is C=CCO[C@H]1C(=O)[C@]2(C)[C@@H](O[Si](CC)(CC)CC)C[C@H]3OC[C@@]3(OC(C)=O)[C@H]2[C@H](OC(=O)c2ccccc2)[C@]2(O)C[C@H](OC(=O)[C@H](O[Si](CC)(CC)CC)[C@@H](NC(=O)OC(C)(C)C)c3ccccc3)C(C)=C1C2(C)C. The van der Waals surface area contributed by atoms with E-state index in [1.54, 1.807) is 103 Å². The fourth-order valence-electron chi connectivity index (χ4n) is 12.7. The Hall–Kier alpha value is -4.50. The molecule has 0 radical (unpaired) electrons. The summed E-state index contributed by atoms with van der Waals surface area (Å²) >= 11 is 0. The number of rotatable bonds is 21. The minimum absolute atomic E-state index is 0.0913. The molecule has 2 N–H and O–H groups in total. The standard InChI is InChI=1S/C58H85NO14Si2/c1-16-33-66-46-44-37(8)41(68-52(63)47(73-75(20-5,21-6)22-7)45(39-29-25-23-26-30-39)59-53(64)71-54(10,11)12)35-58(65,55(44,13)14)50(69-51(62)40-31-27-24-28-32-40)48-56(15,49(46)61)42(72-74(17-2,18-3)19-4)34-43-57(48,36-67-43)70-38(9)60/h16,23-32,41-43,45-48,50,65H,1,17-22,33-36H2,2-15H3,(H,59,64)/t41-,42-,43+,45-,46+,47+,48-,50-,56+,57-,58+/m0/s1. The highest BCUT2D eigenvalue weighted by molar-refractivity contribution is 6.74. The molecule has 2 aromatic rings. The van der Waals surface area contributed by atoms with Crippen LogP contribution in [-0.2, 0) is 51.7 Å². The molecule has 1 saturated heterocycles. The summed E-state index contributed by atoms with van der Waals surface area (Å²) < 4.78 is 53.5. The molecule has 2 bridgehead atoms. The molecule has 2 saturated carbocycles. The molecule has 0 aromatic heterocycles. The zero-order valence-corrected chi connectivity index (χ0v) is 49.0. The van der Waals surface area contributed by atoms with Crippen LogP contribution in [0, 0.1) is 16.7 Å². The number of amides is 1. The summed E-state index contributed by atoms with van der Waals surface area (Å²) in [7, 11) is -5.32. The number of ether oxygens (including phenoxy) is 6. The van der Waals surface area contributed by atoms with Crippen molar-refractivity contribution in [2.24, 2.45) is 16.7 Å². The molecule has 3 aliphatic carbocycles. The highest BCUT2D eigenvalue weighted by Crippen LogP contribution is 2.65. The summed E-state index contributed by atoms with van der Waals surface area (Å²) in [6.07, 6.45) is -6.97. The Labute approximate surface area is 447 Å². The third-order valence-corrected chi connectivity index (χ3v) is 26.8. The first-order chi connectivity index (χ1) is 35.3. The van der Waals surface area contributed by atoms with Crippen LogP contribution in [0.3, 0.4) is 0 Å². The number of alkyl carbamates (subject to hydrolysis) is 1. The number of ketones is 1. The van der Waals surface area contributed by atoms with E-state index in [1.165, 1.54) is 13.0 Å². The molecule has 15 nitrogen and oxygen atoms in total. The van der Waals surface area contributed by atoms with E-state index in [1.807, 2.05) is 26.8 Å². The predicted molar refractivity (Wildman–Crippen MR) is 290 cm³/mol. The van der Waals surface area contributed by atoms with Gasteiger partial charge in [-0.25, -0.2) is 14.4 Å². The minimum Gasteiger partial charge on any atom is -0.456 e. The second kappa shape index (κ2) is 23.2. The Balaban J connectivity index is 1.65. The van der Waals surface area contributed by atoms with Crippen LogP contribution in [0.4, 0.5) is 4.79 Å². The van der Waals surface area contributed by atoms with Gasteiger partial charge in [-0.1, -0.05) is 110 Å². The summed E-state index contributed by atoms with van der Waals surface area (Å²) in [5.41, 5.74) is -6.44. The monoisotopic (exact) mass is 1080 g/mol. The van der Waals surface area contributed by atoms with Gasteiger partial charge in [0.25, 0.3) is 0 Å². The van der Waals surface area contributed by atoms with Crippen molar-refractivity contribution in [3.63, 3.8) is 0 Å². The molecule has 17 heteroatoms. The average Bonchev–Trinajstić information content (AvgIpc) is 3.37. The Bertz CT molecular complexity index is 2400. The minimum atomic E-state index is -2.73. The zero-order valence-electron chi connectivity index (χ0n) is 47.0. The number of nitrogens with one attached hydrogen (secondary N) is 1. The van der Waals surface area contributed by atoms with Gasteiger partial charge in [0.2, 0.25) is 0 Å². The van der Waals surface area contributed by atoms with Crippen LogP contribution in [0.2, 0.25) is 36.3 Å². The first-order valence-electron chi connectivity index (χ1n) is 27.1. The Morgan fingerprint density at radius 2 is 1.45 bits per heavy atom. The number of carbonyl (C=O) groups excluding carboxylic acids is 5. The number of esters is 3. The van der Waals surface area contributed by atoms with Crippen molar-refractivity contribution in [1.29, 1.82) is 0 Å². The second-order valence-electron chi connectivity index (χ2n) is 22.8. The van der Waals surface area contributed by atoms with Crippen LogP contribution >= 0.6 is 0 Å². The third-order valence-electron chi connectivity index (χ3n) is 17.5. The maximum atomic E-state index is 16.7. The lowest BCUT2D eigenvalue weighted by Gasteiger charge is -2.68. The van der Waals surface area contributed by atoms with E-state index in [0.29, 0.717) is 34.8 Å². The van der Waals surface area contributed by atoms with Crippen molar-refractivity contribution in [3.8, 4) is 0 Å². The molecule has 0 spiro atoms. The molecule has 1 heterocycles. The van der Waals surface area contributed by atoms with Crippen molar-refractivity contribution in [3.05, 3.63) is 95.6 Å². The van der Waals surface area contributed by atoms with Gasteiger partial charge < -0.3 is 47.7 Å². The van der Waals surface area contributed by atoms with Crippen LogP contribution in [0.1, 0.15) is 132 Å². The smallest absolute Gasteiger partial charge is 0.408 e. The molecule has 3 fully saturated rings. The summed E-state index contributed by atoms with van der Waals surface area (Å²) in [5, 5.41) is 17.4. The summed E-state index contributed by atoms with van der Waals surface area (Å²) in [6.45, 7) is 29.6. The molecule has 6 rings (SSSR count). The van der Waals surface area contributed by atoms with Crippen LogP contribution in [-0.4, -0.2) is 118 Å². The van der Waals surface area contributed by atoms with Gasteiger partial charge >= 0.3 is 24.0 Å². The molecular formula is C58H85NO14Si2. The Kier molecular flexibility index (Phi) is 18.5. The van der Waals surface area contributed by atoms with E-state index in [2.05, 4.69) is 32.7 Å². The summed E-state index contributed by atoms with van der Waals surface area (Å²) in [5.74, 6) is -4.07. The van der Waals surface area contributed by atoms with Gasteiger partial charge in [-0.15, -0.1) is 6.58 Å². The van der Waals surface area contributed by atoms with E-state index in [4.69, 9.17) is 37.3 Å². The third kappa shape index (κ3) is 11.3. The molecule has 1 aliphatic heterocycles. The topological polar surface area (TPSA) is 191 Å². The van der Waals surface area contributed by atoms with E-state index >= 15 is 9.59 Å². The van der Waals surface area contributed by atoms with Gasteiger partial charge in [0.15, 0.2) is 34.1 Å². The van der Waals surface area contributed by atoms with Crippen LogP contribution in [0.5, 0.6) is 0 Å². The quantitative estimate of drug-likeness (QED) is 0.0519. The van der Waals surface area contributed by atoms with Gasteiger partial charge in [0, 0.05) is 25.2 Å². The number of fused-ring (bicyclic) bond motifs is 5. The maximum absolute atomic E-state index is 16.7. The number of benzene rings is 2. The van der Waals surface area contributed by atoms with Crippen molar-refractivity contribution >= 4 is 46.4 Å². The van der Waals surface area contributed by atoms with Crippen LogP contribution in [0.25, 0.3) is 0 Å². The molecule has 11 atom stereocenters. The van der Waals surface area contributed by atoms with E-state index in [9.17, 15) is 19.5 Å². The number of Topliss-reactive ketones (excluding diaryl/α,β-unsaturated/α-hetero) is 1. The summed E-state index contributed by atoms with van der Waals surface area (Å²) in [4.78, 5) is 74.6. The number of carbonyl (C=O) groups is 5. The van der Waals surface area contributed by atoms with E-state index < -0.39 is 123 Å². The number of hydrogen-bond acceptors (Lipinski definition) is 14. The van der Waals surface area contributed by atoms with Crippen molar-refractivity contribution < 1.29 is 66.4 Å². The van der Waals surface area contributed by atoms with E-state index in [0.717, 1.165) is 18.1 Å². The normalized spacial score (nSPS) is 29.2. The van der Waals surface area contributed by atoms with Gasteiger partial charge in [0.1, 0.15) is 35.6 Å². The largest absolute Gasteiger partial charge is 0.456 e. The molecule has 1 amide bonds. The summed E-state index contributed by atoms with van der Waals surface area (Å²) in [6, 6.07) is 20.4. The highest BCUT2D eigenvalue weighted by Gasteiger charge is 2.78. The second-order valence-corrected chi connectivity index (χ2v) is 32.3. The number of hydrogen-bond donors (Lipinski definition) is 2. The zero-order chi connectivity index (χ0) is 55.5. The fourth-order valence-corrected chi connectivity index (χ4v) is 18.4. The highest BCUT2D eigenvalue weighted by atomic mass is 28.4. The van der Waals surface area contributed by atoms with Gasteiger partial charge in [-0.3, -0.25) is 9.59 Å². The lowest BCUT2D eigenvalue weighted by atomic mass is 9.44. The molecule has 0 unspecified atom stereocenters. The lowest BCUT2D eigenvalue weighted by molar-refractivity contribution is -0.344. The first-order valence-corrected chi connectivity index (χ1v) is 32.2. The van der Waals surface area contributed by atoms with Crippen molar-refractivity contribution in [1.82, 2.24) is 5.32 Å². The van der Waals surface area contributed by atoms with Gasteiger partial charge in [-0.05, 0) is 99.7 Å². The fraction of sp³-hybridized carbons (Fsp3) is 0.638. The van der Waals surface area contributed by atoms with Crippen LogP contribution < -0.4 is 5.32 Å².